The summed E-state index contributed by atoms with van der Waals surface area (Å²) >= 11 is 3.34. The van der Waals surface area contributed by atoms with Gasteiger partial charge in [0.2, 0.25) is 0 Å². The van der Waals surface area contributed by atoms with E-state index < -0.39 is 0 Å². The summed E-state index contributed by atoms with van der Waals surface area (Å²) in [6.07, 6.45) is 1.22. The molecule has 140 valence electrons. The number of hydrogen-bond acceptors (Lipinski definition) is 5. The maximum absolute atomic E-state index is 13.1. The van der Waals surface area contributed by atoms with Gasteiger partial charge in [-0.25, -0.2) is 9.07 Å². The van der Waals surface area contributed by atoms with Gasteiger partial charge < -0.3 is 11.1 Å². The molecule has 0 aliphatic rings. The zero-order valence-corrected chi connectivity index (χ0v) is 16.4. The third-order valence-electron chi connectivity index (χ3n) is 4.18. The Bertz CT molecular complexity index is 1080. The van der Waals surface area contributed by atoms with E-state index in [4.69, 9.17) is 5.73 Å². The fourth-order valence-corrected chi connectivity index (χ4v) is 3.16. The zero-order valence-electron chi connectivity index (χ0n) is 14.8. The summed E-state index contributed by atoms with van der Waals surface area (Å²) in [7, 11) is 0. The molecule has 1 aromatic heterocycles. The Labute approximate surface area is 170 Å². The molecule has 0 saturated heterocycles. The fourth-order valence-electron chi connectivity index (χ4n) is 2.80. The molecule has 28 heavy (non-hydrogen) atoms. The molecule has 3 rings (SSSR count). The number of nitrogens with zero attached hydrogens (tertiary/aromatic N) is 4. The highest BCUT2D eigenvalue weighted by molar-refractivity contribution is 9.10. The number of benzene rings is 2. The smallest absolute Gasteiger partial charge is 0.145 e. The summed E-state index contributed by atoms with van der Waals surface area (Å²) < 4.78 is 15.4. The number of nitrogens with one attached hydrogen (secondary N) is 1. The van der Waals surface area contributed by atoms with Crippen molar-refractivity contribution >= 4 is 27.4 Å². The number of aromatic nitrogens is 2. The van der Waals surface area contributed by atoms with Gasteiger partial charge in [0.15, 0.2) is 0 Å². The summed E-state index contributed by atoms with van der Waals surface area (Å²) in [5.74, 6) is -0.122. The van der Waals surface area contributed by atoms with Crippen LogP contribution < -0.4 is 11.1 Å². The first-order valence-corrected chi connectivity index (χ1v) is 9.29. The van der Waals surface area contributed by atoms with Crippen LogP contribution in [0.25, 0.3) is 5.69 Å². The maximum atomic E-state index is 13.1. The second-order valence-electron chi connectivity index (χ2n) is 6.04. The van der Waals surface area contributed by atoms with E-state index in [1.807, 2.05) is 12.1 Å². The molecule has 2 aromatic carbocycles. The normalized spacial score (nSPS) is 10.3. The number of rotatable bonds is 6. The first kappa shape index (κ1) is 19.4. The highest BCUT2D eigenvalue weighted by Crippen LogP contribution is 2.23. The monoisotopic (exact) mass is 438 g/mol. The molecule has 3 N–H and O–H groups in total. The van der Waals surface area contributed by atoms with Crippen LogP contribution in [0.3, 0.4) is 0 Å². The van der Waals surface area contributed by atoms with Gasteiger partial charge in [-0.15, -0.1) is 0 Å². The summed E-state index contributed by atoms with van der Waals surface area (Å²) in [4.78, 5) is 0. The lowest BCUT2D eigenvalue weighted by molar-refractivity contribution is 0.627. The average molecular weight is 439 g/mol. The van der Waals surface area contributed by atoms with Crippen molar-refractivity contribution in [2.45, 2.75) is 12.8 Å². The molecule has 0 unspecified atom stereocenters. The minimum absolute atomic E-state index is 0.233. The lowest BCUT2D eigenvalue weighted by Crippen LogP contribution is -2.05. The van der Waals surface area contributed by atoms with Gasteiger partial charge in [0.05, 0.1) is 22.6 Å². The van der Waals surface area contributed by atoms with E-state index in [-0.39, 0.29) is 11.6 Å². The topological polar surface area (TPSA) is 103 Å². The SMILES string of the molecule is N#Cc1cc(Br)ccc1NCCCc1nn(-c2ccc(F)cc2)c(N)c1C#N. The lowest BCUT2D eigenvalue weighted by atomic mass is 10.1. The third kappa shape index (κ3) is 4.13. The molecule has 3 aromatic rings. The van der Waals surface area contributed by atoms with E-state index in [0.29, 0.717) is 41.9 Å². The molecule has 0 saturated carbocycles. The van der Waals surface area contributed by atoms with Crippen molar-refractivity contribution in [3.8, 4) is 17.8 Å². The number of halogens is 2. The van der Waals surface area contributed by atoms with E-state index >= 15 is 0 Å². The molecule has 0 amide bonds. The largest absolute Gasteiger partial charge is 0.384 e. The molecule has 0 aliphatic heterocycles. The number of nitriles is 2. The molecule has 0 atom stereocenters. The van der Waals surface area contributed by atoms with Gasteiger partial charge in [-0.1, -0.05) is 15.9 Å². The summed E-state index contributed by atoms with van der Waals surface area (Å²) in [5.41, 5.74) is 8.87. The van der Waals surface area contributed by atoms with Crippen LogP contribution in [0.2, 0.25) is 0 Å². The Kier molecular flexibility index (Phi) is 5.93. The third-order valence-corrected chi connectivity index (χ3v) is 4.68. The van der Waals surface area contributed by atoms with Gasteiger partial charge in [0.1, 0.15) is 29.3 Å². The summed E-state index contributed by atoms with van der Waals surface area (Å²) in [6, 6.07) is 15.4. The van der Waals surface area contributed by atoms with Gasteiger partial charge in [0, 0.05) is 11.0 Å². The first-order chi connectivity index (χ1) is 13.5. The number of hydrogen-bond donors (Lipinski definition) is 2. The van der Waals surface area contributed by atoms with Crippen LogP contribution in [-0.4, -0.2) is 16.3 Å². The Hall–Kier alpha value is -3.36. The Morgan fingerprint density at radius 2 is 1.89 bits per heavy atom. The van der Waals surface area contributed by atoms with Crippen molar-refractivity contribution in [1.29, 1.82) is 10.5 Å². The van der Waals surface area contributed by atoms with Crippen LogP contribution in [0.15, 0.2) is 46.9 Å². The van der Waals surface area contributed by atoms with Gasteiger partial charge in [-0.2, -0.15) is 15.6 Å². The minimum Gasteiger partial charge on any atom is -0.384 e. The van der Waals surface area contributed by atoms with Crippen LogP contribution >= 0.6 is 15.9 Å². The highest BCUT2D eigenvalue weighted by atomic mass is 79.9. The summed E-state index contributed by atoms with van der Waals surface area (Å²) in [5, 5.41) is 26.3. The predicted molar refractivity (Wildman–Crippen MR) is 108 cm³/mol. The molecular formula is C20H16BrFN6. The maximum Gasteiger partial charge on any atom is 0.145 e. The van der Waals surface area contributed by atoms with Crippen LogP contribution in [0.4, 0.5) is 15.9 Å². The van der Waals surface area contributed by atoms with Gasteiger partial charge >= 0.3 is 0 Å². The second-order valence-corrected chi connectivity index (χ2v) is 6.95. The number of nitrogen functional groups attached to an aromatic ring is 1. The van der Waals surface area contributed by atoms with E-state index in [1.54, 1.807) is 18.2 Å². The van der Waals surface area contributed by atoms with Crippen molar-refractivity contribution in [2.75, 3.05) is 17.6 Å². The molecular weight excluding hydrogens is 423 g/mol. The standard InChI is InChI=1S/C20H16BrFN6/c21-14-3-8-18(13(10-14)11-23)26-9-1-2-19-17(12-24)20(25)28(27-19)16-6-4-15(22)5-7-16/h3-8,10,26H,1-2,9,25H2. The lowest BCUT2D eigenvalue weighted by Gasteiger charge is -2.08. The van der Waals surface area contributed by atoms with Crippen molar-refractivity contribution in [2.24, 2.45) is 0 Å². The van der Waals surface area contributed by atoms with Crippen LogP contribution in [-0.2, 0) is 6.42 Å². The van der Waals surface area contributed by atoms with Gasteiger partial charge in [-0.3, -0.25) is 0 Å². The molecule has 8 heteroatoms. The molecule has 0 aliphatic carbocycles. The minimum atomic E-state index is -0.356. The van der Waals surface area contributed by atoms with Crippen molar-refractivity contribution < 1.29 is 4.39 Å². The van der Waals surface area contributed by atoms with Gasteiger partial charge in [0.25, 0.3) is 0 Å². The van der Waals surface area contributed by atoms with Crippen LogP contribution in [0, 0.1) is 28.5 Å². The van der Waals surface area contributed by atoms with E-state index in [0.717, 1.165) is 10.2 Å². The van der Waals surface area contributed by atoms with E-state index in [9.17, 15) is 14.9 Å². The van der Waals surface area contributed by atoms with E-state index in [1.165, 1.54) is 16.8 Å². The highest BCUT2D eigenvalue weighted by Gasteiger charge is 2.16. The van der Waals surface area contributed by atoms with Crippen LogP contribution in [0.1, 0.15) is 23.2 Å². The number of aryl methyl sites for hydroxylation is 1. The average Bonchev–Trinajstić information content (AvgIpc) is 3.02. The Balaban J connectivity index is 1.70. The fraction of sp³-hybridized carbons (Fsp3) is 0.150. The molecule has 0 spiro atoms. The van der Waals surface area contributed by atoms with Crippen molar-refractivity contribution in [3.05, 3.63) is 69.6 Å². The second kappa shape index (κ2) is 8.55. The molecule has 0 bridgehead atoms. The first-order valence-electron chi connectivity index (χ1n) is 8.50. The molecule has 0 fully saturated rings. The Morgan fingerprint density at radius 1 is 1.14 bits per heavy atom. The van der Waals surface area contributed by atoms with Crippen molar-refractivity contribution in [3.63, 3.8) is 0 Å². The van der Waals surface area contributed by atoms with Crippen LogP contribution in [0.5, 0.6) is 0 Å². The zero-order chi connectivity index (χ0) is 20.1. The molecule has 6 nitrogen and oxygen atoms in total. The van der Waals surface area contributed by atoms with Crippen molar-refractivity contribution in [1.82, 2.24) is 9.78 Å². The molecule has 1 heterocycles. The summed E-state index contributed by atoms with van der Waals surface area (Å²) in [6.45, 7) is 0.602. The number of anilines is 2. The Morgan fingerprint density at radius 3 is 2.57 bits per heavy atom. The number of nitrogens with two attached hydrogens (primary N) is 1. The quantitative estimate of drug-likeness (QED) is 0.562. The van der Waals surface area contributed by atoms with E-state index in [2.05, 4.69) is 38.5 Å². The van der Waals surface area contributed by atoms with Gasteiger partial charge in [-0.05, 0) is 55.3 Å². The molecule has 0 radical (unpaired) electrons. The predicted octanol–water partition coefficient (Wildman–Crippen LogP) is 4.14.